The lowest BCUT2D eigenvalue weighted by molar-refractivity contribution is -0.158. The highest BCUT2D eigenvalue weighted by Gasteiger charge is 2.30. The highest BCUT2D eigenvalue weighted by molar-refractivity contribution is 9.10. The van der Waals surface area contributed by atoms with E-state index in [1.54, 1.807) is 54.2 Å². The Morgan fingerprint density at radius 3 is 1.74 bits per heavy atom. The number of carbonyl (C=O) groups is 4. The summed E-state index contributed by atoms with van der Waals surface area (Å²) < 4.78 is 64.8. The first-order valence-corrected chi connectivity index (χ1v) is 31.7. The zero-order valence-electron chi connectivity index (χ0n) is 46.9. The van der Waals surface area contributed by atoms with Gasteiger partial charge in [0.05, 0.1) is 17.8 Å². The van der Waals surface area contributed by atoms with Crippen LogP contribution in [0, 0.1) is 24.2 Å². The molecule has 4 aliphatic rings. The van der Waals surface area contributed by atoms with Crippen molar-refractivity contribution in [2.45, 2.75) is 117 Å². The van der Waals surface area contributed by atoms with E-state index in [0.717, 1.165) is 67.9 Å². The molecule has 4 aromatic heterocycles. The predicted molar refractivity (Wildman–Crippen MR) is 317 cm³/mol. The van der Waals surface area contributed by atoms with Gasteiger partial charge in [-0.3, -0.25) is 28.8 Å². The van der Waals surface area contributed by atoms with Crippen LogP contribution < -0.4 is 30.2 Å². The number of H-pyrrole nitrogens is 2. The summed E-state index contributed by atoms with van der Waals surface area (Å²) in [5.41, 5.74) is 9.36. The summed E-state index contributed by atoms with van der Waals surface area (Å²) in [4.78, 5) is 80.1. The minimum absolute atomic E-state index is 0.124. The number of nitrogens with one attached hydrogen (secondary N) is 3. The molecule has 25 nitrogen and oxygen atoms in total. The third-order valence-electron chi connectivity index (χ3n) is 14.1. The molecule has 0 radical (unpaired) electrons. The highest BCUT2D eigenvalue weighted by atomic mass is 79.9. The Labute approximate surface area is 514 Å². The summed E-state index contributed by atoms with van der Waals surface area (Å²) in [6.07, 6.45) is 6.35. The van der Waals surface area contributed by atoms with Crippen LogP contribution in [0.15, 0.2) is 95.1 Å². The number of fused-ring (bicyclic) bond motifs is 4. The summed E-state index contributed by atoms with van der Waals surface area (Å²) in [5, 5.41) is 9.57. The number of benzene rings is 3. The standard InChI is InChI=1S/C24H27BrN6O5S.C19H27NO6S.C12H8BrN5O2S/c1-13(36-14(2)32)23(33)30-6-3-15(4-7-30)5-8-31-11-27-21(26)20-22(31)29-24(28-20)37-19-10-18-17(9-16(19)25)34-12-35-18;1-14-4-6-18(7-5-14)27(23,24)25-13-10-17-8-11-20(12-9-17)19(22)15(2)26-16(3)21;13-5-1-6-7(20-4-19-6)2-8(5)21-12-17-9-10(14)15-3-16-11(9)18-12/h9-11,13,15,26H,3-8,12H2,1-2H3,(H,28,29);4-7,15,17H,8-13H2,1-3H3;1-3H,4H2,(H3,14,15,16,17,18)/t13-;15-;/m00./s1. The number of rotatable bonds is 16. The van der Waals surface area contributed by atoms with Gasteiger partial charge in [-0.05, 0) is 139 Å². The van der Waals surface area contributed by atoms with Gasteiger partial charge in [0, 0.05) is 65.3 Å². The van der Waals surface area contributed by atoms with Crippen molar-refractivity contribution >= 4 is 117 Å². The number of imidazole rings is 2. The van der Waals surface area contributed by atoms with E-state index >= 15 is 0 Å². The molecular weight excluding hydrogens is 1290 g/mol. The smallest absolute Gasteiger partial charge is 0.303 e. The second-order valence-electron chi connectivity index (χ2n) is 20.2. The molecule has 0 aliphatic carbocycles. The number of nitrogens with zero attached hydrogens (tertiary/aromatic N) is 8. The van der Waals surface area contributed by atoms with Gasteiger partial charge in [-0.15, -0.1) is 0 Å². The Bertz CT molecular complexity index is 3760. The Morgan fingerprint density at radius 2 is 1.22 bits per heavy atom. The summed E-state index contributed by atoms with van der Waals surface area (Å²) in [7, 11) is -3.74. The Hall–Kier alpha value is -6.99. The predicted octanol–water partition coefficient (Wildman–Crippen LogP) is 8.32. The van der Waals surface area contributed by atoms with Crippen molar-refractivity contribution in [3.05, 3.63) is 81.2 Å². The molecule has 452 valence electrons. The highest BCUT2D eigenvalue weighted by Crippen LogP contribution is 2.44. The second kappa shape index (κ2) is 28.0. The van der Waals surface area contributed by atoms with Crippen LogP contribution in [0.1, 0.15) is 71.8 Å². The monoisotopic (exact) mass is 1350 g/mol. The van der Waals surface area contributed by atoms with Crippen molar-refractivity contribution in [2.75, 3.05) is 52.1 Å². The number of nitrogens with two attached hydrogens (primary N) is 1. The first kappa shape index (κ1) is 62.5. The fourth-order valence-electron chi connectivity index (χ4n) is 9.63. The van der Waals surface area contributed by atoms with Gasteiger partial charge in [0.25, 0.3) is 21.9 Å². The van der Waals surface area contributed by atoms with Crippen LogP contribution in [0.4, 0.5) is 5.82 Å². The lowest BCUT2D eigenvalue weighted by Crippen LogP contribution is -2.44. The van der Waals surface area contributed by atoms with Crippen LogP contribution in [0.2, 0.25) is 0 Å². The number of aromatic amines is 2. The Morgan fingerprint density at radius 1 is 0.729 bits per heavy atom. The fourth-order valence-corrected chi connectivity index (χ4v) is 13.3. The maximum absolute atomic E-state index is 12.5. The van der Waals surface area contributed by atoms with Gasteiger partial charge in [-0.2, -0.15) is 8.42 Å². The number of hydrogen-bond donors (Lipinski definition) is 4. The van der Waals surface area contributed by atoms with E-state index in [0.29, 0.717) is 101 Å². The van der Waals surface area contributed by atoms with E-state index in [4.69, 9.17) is 48.7 Å². The average molecular weight is 1360 g/mol. The van der Waals surface area contributed by atoms with Gasteiger partial charge in [-0.1, -0.05) is 41.2 Å². The van der Waals surface area contributed by atoms with Crippen molar-refractivity contribution in [3.63, 3.8) is 0 Å². The maximum Gasteiger partial charge on any atom is 0.303 e. The third kappa shape index (κ3) is 16.1. The van der Waals surface area contributed by atoms with E-state index in [-0.39, 0.29) is 42.4 Å². The van der Waals surface area contributed by atoms with E-state index in [1.165, 1.54) is 43.7 Å². The van der Waals surface area contributed by atoms with Crippen LogP contribution in [-0.2, 0) is 49.5 Å². The number of nitrogen functional groups attached to an aromatic ring is 1. The molecular formula is C55H62Br2N12O13S3. The molecule has 0 saturated carbocycles. The first-order chi connectivity index (χ1) is 40.7. The van der Waals surface area contributed by atoms with Crippen molar-refractivity contribution in [1.82, 2.24) is 49.3 Å². The molecule has 2 saturated heterocycles. The number of esters is 2. The summed E-state index contributed by atoms with van der Waals surface area (Å²) in [5.74, 6) is 2.70. The molecule has 30 heteroatoms. The number of piperidine rings is 2. The normalized spacial score (nSPS) is 15.6. The molecule has 0 bridgehead atoms. The van der Waals surface area contributed by atoms with Crippen LogP contribution in [0.25, 0.3) is 22.3 Å². The number of aromatic nitrogens is 8. The van der Waals surface area contributed by atoms with Gasteiger partial charge < -0.3 is 58.5 Å². The van der Waals surface area contributed by atoms with Crippen molar-refractivity contribution in [3.8, 4) is 23.0 Å². The van der Waals surface area contributed by atoms with Crippen LogP contribution in [0.3, 0.4) is 0 Å². The number of hydrogen-bond acceptors (Lipinski definition) is 22. The molecule has 2 atom stereocenters. The van der Waals surface area contributed by atoms with Crippen molar-refractivity contribution in [2.24, 2.45) is 11.8 Å². The third-order valence-corrected chi connectivity index (χ3v) is 19.2. The van der Waals surface area contributed by atoms with E-state index < -0.39 is 34.3 Å². The average Bonchev–Trinajstić information content (AvgIpc) is 3.32. The zero-order chi connectivity index (χ0) is 60.5. The molecule has 85 heavy (non-hydrogen) atoms. The molecule has 8 heterocycles. The molecule has 3 aromatic carbocycles. The minimum Gasteiger partial charge on any atom is -0.454 e. The number of anilines is 1. The first-order valence-electron chi connectivity index (χ1n) is 27.1. The van der Waals surface area contributed by atoms with Crippen LogP contribution in [-0.4, -0.2) is 140 Å². The second-order valence-corrected chi connectivity index (χ2v) is 25.6. The number of amides is 2. The molecule has 7 aromatic rings. The summed E-state index contributed by atoms with van der Waals surface area (Å²) in [6, 6.07) is 14.1. The van der Waals surface area contributed by atoms with Crippen LogP contribution >= 0.6 is 55.4 Å². The number of likely N-dealkylation sites (tertiary alicyclic amines) is 2. The largest absolute Gasteiger partial charge is 0.454 e. The van der Waals surface area contributed by atoms with Crippen molar-refractivity contribution < 1.29 is 60.2 Å². The Kier molecular flexibility index (Phi) is 20.6. The van der Waals surface area contributed by atoms with Gasteiger partial charge in [-0.25, -0.2) is 24.9 Å². The number of ether oxygens (including phenoxy) is 6. The summed E-state index contributed by atoms with van der Waals surface area (Å²) in [6.45, 7) is 11.4. The van der Waals surface area contributed by atoms with Crippen molar-refractivity contribution in [1.29, 1.82) is 5.41 Å². The van der Waals surface area contributed by atoms with Gasteiger partial charge >= 0.3 is 11.9 Å². The molecule has 4 aliphatic heterocycles. The van der Waals surface area contributed by atoms with E-state index in [2.05, 4.69) is 61.8 Å². The Balaban J connectivity index is 0.000000159. The molecule has 11 rings (SSSR count). The number of aryl methyl sites for hydroxylation is 2. The minimum atomic E-state index is -3.74. The topological polar surface area (TPSA) is 324 Å². The SMILES string of the molecule is CC(=O)O[C@@H](C)C(=O)N1CCC(CCOS(=O)(=O)c2ccc(C)cc2)CC1.CC(=O)O[C@@H](C)C(=O)N1CCC(CCn2cnc(=N)c3[nH]c(Sc4cc5c(cc4Br)OCO5)nc32)CC1.Nc1ncnc2nc(Sc3cc4c(cc3Br)OCO4)[nH]c12. The number of halogens is 2. The van der Waals surface area contributed by atoms with Gasteiger partial charge in [0.1, 0.15) is 17.4 Å². The molecule has 5 N–H and O–H groups in total. The van der Waals surface area contributed by atoms with Gasteiger partial charge in [0.2, 0.25) is 13.6 Å². The molecule has 2 amide bonds. The molecule has 2 fully saturated rings. The zero-order valence-corrected chi connectivity index (χ0v) is 52.5. The van der Waals surface area contributed by atoms with E-state index in [1.807, 2.05) is 35.8 Å². The lowest BCUT2D eigenvalue weighted by Gasteiger charge is -2.33. The lowest BCUT2D eigenvalue weighted by atomic mass is 9.93. The fraction of sp³-hybridized carbons (Fsp3) is 0.418. The quantitative estimate of drug-likeness (QED) is 0.0522. The maximum atomic E-state index is 12.5. The molecule has 0 spiro atoms. The van der Waals surface area contributed by atoms with Gasteiger partial charge in [0.15, 0.2) is 68.1 Å². The number of carbonyl (C=O) groups excluding carboxylic acids is 4. The van der Waals surface area contributed by atoms with E-state index in [9.17, 15) is 27.6 Å². The molecule has 0 unspecified atom stereocenters. The summed E-state index contributed by atoms with van der Waals surface area (Å²) >= 11 is 9.97. The van der Waals surface area contributed by atoms with Crippen LogP contribution in [0.5, 0.6) is 23.0 Å².